The highest BCUT2D eigenvalue weighted by atomic mass is 16.5. The van der Waals surface area contributed by atoms with Crippen molar-refractivity contribution in [3.63, 3.8) is 0 Å². The standard InChI is InChI=1S/C12H22N4O/c1-3-16-6-4-10(5-7-16)12-14-11(15-17-12)8-9(2)13/h9-10H,3-8,13H2,1-2H3. The number of likely N-dealkylation sites (tertiary alicyclic amines) is 1. The number of nitrogens with two attached hydrogens (primary N) is 1. The summed E-state index contributed by atoms with van der Waals surface area (Å²) in [5.41, 5.74) is 5.72. The SMILES string of the molecule is CCN1CCC(c2nc(CC(C)N)no2)CC1. The van der Waals surface area contributed by atoms with Crippen molar-refractivity contribution in [2.45, 2.75) is 45.1 Å². The van der Waals surface area contributed by atoms with Crippen molar-refractivity contribution in [2.24, 2.45) is 5.73 Å². The van der Waals surface area contributed by atoms with Crippen LogP contribution in [0.1, 0.15) is 44.3 Å². The molecule has 96 valence electrons. The Morgan fingerprint density at radius 3 is 2.76 bits per heavy atom. The number of piperidine rings is 1. The maximum absolute atomic E-state index is 5.72. The minimum Gasteiger partial charge on any atom is -0.339 e. The summed E-state index contributed by atoms with van der Waals surface area (Å²) in [6.45, 7) is 7.55. The van der Waals surface area contributed by atoms with Crippen molar-refractivity contribution >= 4 is 0 Å². The van der Waals surface area contributed by atoms with Crippen LogP contribution < -0.4 is 5.73 Å². The van der Waals surface area contributed by atoms with E-state index in [-0.39, 0.29) is 6.04 Å². The lowest BCUT2D eigenvalue weighted by molar-refractivity contribution is 0.202. The third kappa shape index (κ3) is 3.26. The van der Waals surface area contributed by atoms with E-state index in [9.17, 15) is 0 Å². The minimum absolute atomic E-state index is 0.0855. The van der Waals surface area contributed by atoms with Crippen LogP contribution in [-0.4, -0.2) is 40.7 Å². The van der Waals surface area contributed by atoms with Gasteiger partial charge in [0.25, 0.3) is 0 Å². The highest BCUT2D eigenvalue weighted by Crippen LogP contribution is 2.26. The molecule has 1 atom stereocenters. The van der Waals surface area contributed by atoms with E-state index >= 15 is 0 Å². The largest absolute Gasteiger partial charge is 0.339 e. The minimum atomic E-state index is 0.0855. The highest BCUT2D eigenvalue weighted by molar-refractivity contribution is 4.97. The third-order valence-electron chi connectivity index (χ3n) is 3.37. The monoisotopic (exact) mass is 238 g/mol. The highest BCUT2D eigenvalue weighted by Gasteiger charge is 2.24. The summed E-state index contributed by atoms with van der Waals surface area (Å²) in [6.07, 6.45) is 2.93. The summed E-state index contributed by atoms with van der Waals surface area (Å²) in [7, 11) is 0. The lowest BCUT2D eigenvalue weighted by atomic mass is 9.97. The number of hydrogen-bond donors (Lipinski definition) is 1. The Kier molecular flexibility index (Phi) is 4.12. The second kappa shape index (κ2) is 5.60. The number of hydrogen-bond acceptors (Lipinski definition) is 5. The average Bonchev–Trinajstić information content (AvgIpc) is 2.77. The molecule has 2 heterocycles. The fourth-order valence-corrected chi connectivity index (χ4v) is 2.30. The molecule has 1 aromatic rings. The van der Waals surface area contributed by atoms with E-state index in [0.717, 1.165) is 44.2 Å². The molecule has 1 saturated heterocycles. The molecule has 1 aromatic heterocycles. The van der Waals surface area contributed by atoms with Crippen molar-refractivity contribution in [2.75, 3.05) is 19.6 Å². The van der Waals surface area contributed by atoms with E-state index < -0.39 is 0 Å². The molecule has 5 heteroatoms. The van der Waals surface area contributed by atoms with Gasteiger partial charge in [0.15, 0.2) is 5.82 Å². The number of rotatable bonds is 4. The van der Waals surface area contributed by atoms with Crippen LogP contribution in [0.3, 0.4) is 0 Å². The molecule has 1 aliphatic heterocycles. The van der Waals surface area contributed by atoms with Gasteiger partial charge in [-0.25, -0.2) is 0 Å². The second-order valence-electron chi connectivity index (χ2n) is 4.94. The Labute approximate surface area is 102 Å². The zero-order valence-corrected chi connectivity index (χ0v) is 10.7. The predicted octanol–water partition coefficient (Wildman–Crippen LogP) is 1.16. The molecule has 0 aliphatic carbocycles. The summed E-state index contributed by atoms with van der Waals surface area (Å²) >= 11 is 0. The quantitative estimate of drug-likeness (QED) is 0.852. The van der Waals surface area contributed by atoms with Crippen LogP contribution in [0.4, 0.5) is 0 Å². The summed E-state index contributed by atoms with van der Waals surface area (Å²) in [5, 5.41) is 3.99. The maximum Gasteiger partial charge on any atom is 0.229 e. The molecule has 0 radical (unpaired) electrons. The Bertz CT molecular complexity index is 342. The third-order valence-corrected chi connectivity index (χ3v) is 3.37. The molecule has 0 spiro atoms. The Morgan fingerprint density at radius 1 is 1.47 bits per heavy atom. The van der Waals surface area contributed by atoms with Crippen molar-refractivity contribution in [3.8, 4) is 0 Å². The molecule has 0 bridgehead atoms. The summed E-state index contributed by atoms with van der Waals surface area (Å²) in [6, 6.07) is 0.0855. The first-order valence-corrected chi connectivity index (χ1v) is 6.49. The van der Waals surface area contributed by atoms with E-state index in [1.165, 1.54) is 0 Å². The van der Waals surface area contributed by atoms with Crippen LogP contribution in [0.5, 0.6) is 0 Å². The van der Waals surface area contributed by atoms with Crippen LogP contribution in [0.2, 0.25) is 0 Å². The predicted molar refractivity (Wildman–Crippen MR) is 65.7 cm³/mol. The van der Waals surface area contributed by atoms with Gasteiger partial charge in [-0.3, -0.25) is 0 Å². The first-order chi connectivity index (χ1) is 8.19. The fraction of sp³-hybridized carbons (Fsp3) is 0.833. The molecular weight excluding hydrogens is 216 g/mol. The molecule has 1 unspecified atom stereocenters. The van der Waals surface area contributed by atoms with E-state index in [4.69, 9.17) is 10.3 Å². The van der Waals surface area contributed by atoms with E-state index in [1.54, 1.807) is 0 Å². The van der Waals surface area contributed by atoms with Gasteiger partial charge in [0, 0.05) is 18.4 Å². The van der Waals surface area contributed by atoms with Gasteiger partial charge >= 0.3 is 0 Å². The Morgan fingerprint density at radius 2 is 2.18 bits per heavy atom. The lowest BCUT2D eigenvalue weighted by Crippen LogP contribution is -2.32. The first kappa shape index (κ1) is 12.5. The molecule has 2 rings (SSSR count). The van der Waals surface area contributed by atoms with Crippen molar-refractivity contribution < 1.29 is 4.52 Å². The molecular formula is C12H22N4O. The lowest BCUT2D eigenvalue weighted by Gasteiger charge is -2.28. The first-order valence-electron chi connectivity index (χ1n) is 6.49. The molecule has 0 saturated carbocycles. The van der Waals surface area contributed by atoms with Gasteiger partial charge in [0.05, 0.1) is 0 Å². The molecule has 1 fully saturated rings. The average molecular weight is 238 g/mol. The number of nitrogens with zero attached hydrogens (tertiary/aromatic N) is 3. The van der Waals surface area contributed by atoms with E-state index in [1.807, 2.05) is 6.92 Å². The van der Waals surface area contributed by atoms with Crippen LogP contribution in [-0.2, 0) is 6.42 Å². The van der Waals surface area contributed by atoms with Gasteiger partial charge in [0.1, 0.15) is 0 Å². The molecule has 0 aromatic carbocycles. The summed E-state index contributed by atoms with van der Waals surface area (Å²) in [5.74, 6) is 1.98. The molecule has 1 aliphatic rings. The topological polar surface area (TPSA) is 68.2 Å². The van der Waals surface area contributed by atoms with Crippen molar-refractivity contribution in [1.82, 2.24) is 15.0 Å². The van der Waals surface area contributed by atoms with Crippen LogP contribution in [0.25, 0.3) is 0 Å². The maximum atomic E-state index is 5.72. The van der Waals surface area contributed by atoms with Crippen LogP contribution in [0, 0.1) is 0 Å². The fourth-order valence-electron chi connectivity index (χ4n) is 2.30. The second-order valence-corrected chi connectivity index (χ2v) is 4.94. The van der Waals surface area contributed by atoms with Crippen LogP contribution in [0.15, 0.2) is 4.52 Å². The van der Waals surface area contributed by atoms with Crippen molar-refractivity contribution in [3.05, 3.63) is 11.7 Å². The summed E-state index contributed by atoms with van der Waals surface area (Å²) < 4.78 is 5.34. The van der Waals surface area contributed by atoms with E-state index in [2.05, 4.69) is 22.0 Å². The molecule has 2 N–H and O–H groups in total. The van der Waals surface area contributed by atoms with Gasteiger partial charge in [-0.1, -0.05) is 12.1 Å². The smallest absolute Gasteiger partial charge is 0.229 e. The summed E-state index contributed by atoms with van der Waals surface area (Å²) in [4.78, 5) is 6.90. The number of aromatic nitrogens is 2. The Balaban J connectivity index is 1.92. The van der Waals surface area contributed by atoms with Crippen LogP contribution >= 0.6 is 0 Å². The van der Waals surface area contributed by atoms with Gasteiger partial charge in [0.2, 0.25) is 5.89 Å². The Hall–Kier alpha value is -0.940. The zero-order valence-electron chi connectivity index (χ0n) is 10.7. The van der Waals surface area contributed by atoms with Gasteiger partial charge < -0.3 is 15.2 Å². The van der Waals surface area contributed by atoms with Gasteiger partial charge in [-0.2, -0.15) is 4.98 Å². The normalized spacial score (nSPS) is 20.6. The molecule has 17 heavy (non-hydrogen) atoms. The van der Waals surface area contributed by atoms with Gasteiger partial charge in [-0.15, -0.1) is 0 Å². The van der Waals surface area contributed by atoms with E-state index in [0.29, 0.717) is 12.3 Å². The molecule has 5 nitrogen and oxygen atoms in total. The molecule has 0 amide bonds. The van der Waals surface area contributed by atoms with Gasteiger partial charge in [-0.05, 0) is 39.4 Å². The zero-order chi connectivity index (χ0) is 12.3. The van der Waals surface area contributed by atoms with Crippen molar-refractivity contribution in [1.29, 1.82) is 0 Å².